The van der Waals surface area contributed by atoms with Crippen LogP contribution in [0.3, 0.4) is 0 Å². The Hall–Kier alpha value is -2.52. The van der Waals surface area contributed by atoms with Crippen molar-refractivity contribution in [2.45, 2.75) is 9.92 Å². The van der Waals surface area contributed by atoms with Crippen LogP contribution in [0.15, 0.2) is 69.9 Å². The van der Waals surface area contributed by atoms with Crippen LogP contribution in [0.25, 0.3) is 27.1 Å². The molecule has 5 aromatic rings. The number of nitrogens with zero attached hydrogens (tertiary/aromatic N) is 4. The SMILES string of the molecule is O=S(=O)(c1cccc(Cl)c1)c1nnn2c1nc(-c1ccc(Cl)cc1)c1sccc12. The summed E-state index contributed by atoms with van der Waals surface area (Å²) >= 11 is 13.5. The zero-order valence-electron chi connectivity index (χ0n) is 14.5. The van der Waals surface area contributed by atoms with Crippen LogP contribution in [-0.2, 0) is 9.84 Å². The molecule has 0 bridgehead atoms. The quantitative estimate of drug-likeness (QED) is 0.372. The molecule has 6 nitrogen and oxygen atoms in total. The first-order valence-corrected chi connectivity index (χ1v) is 11.5. The molecule has 0 saturated carbocycles. The summed E-state index contributed by atoms with van der Waals surface area (Å²) in [7, 11) is -3.96. The second-order valence-electron chi connectivity index (χ2n) is 6.19. The topological polar surface area (TPSA) is 77.2 Å². The van der Waals surface area contributed by atoms with Crippen molar-refractivity contribution >= 4 is 60.2 Å². The summed E-state index contributed by atoms with van der Waals surface area (Å²) in [5, 5.41) is 10.6. The first-order valence-electron chi connectivity index (χ1n) is 8.34. The van der Waals surface area contributed by atoms with Crippen molar-refractivity contribution in [2.24, 2.45) is 0 Å². The van der Waals surface area contributed by atoms with Crippen molar-refractivity contribution in [1.82, 2.24) is 19.8 Å². The van der Waals surface area contributed by atoms with Crippen LogP contribution in [0.2, 0.25) is 10.0 Å². The van der Waals surface area contributed by atoms with Crippen LogP contribution in [-0.4, -0.2) is 28.2 Å². The molecule has 3 aromatic heterocycles. The molecule has 0 unspecified atom stereocenters. The zero-order chi connectivity index (χ0) is 20.2. The average Bonchev–Trinajstić information content (AvgIpc) is 3.35. The van der Waals surface area contributed by atoms with E-state index in [0.29, 0.717) is 15.7 Å². The van der Waals surface area contributed by atoms with Crippen LogP contribution >= 0.6 is 34.5 Å². The van der Waals surface area contributed by atoms with E-state index in [2.05, 4.69) is 15.3 Å². The van der Waals surface area contributed by atoms with Gasteiger partial charge < -0.3 is 0 Å². The Kier molecular flexibility index (Phi) is 4.32. The van der Waals surface area contributed by atoms with Crippen molar-refractivity contribution in [1.29, 1.82) is 0 Å². The van der Waals surface area contributed by atoms with Gasteiger partial charge in [0.25, 0.3) is 0 Å². The van der Waals surface area contributed by atoms with E-state index in [-0.39, 0.29) is 15.6 Å². The van der Waals surface area contributed by atoms with Crippen LogP contribution < -0.4 is 0 Å². The molecule has 144 valence electrons. The second kappa shape index (κ2) is 6.77. The fourth-order valence-electron chi connectivity index (χ4n) is 3.05. The molecule has 0 aliphatic heterocycles. The number of sulfone groups is 1. The average molecular weight is 461 g/mol. The predicted molar refractivity (Wildman–Crippen MR) is 114 cm³/mol. The lowest BCUT2D eigenvalue weighted by molar-refractivity contribution is 0.592. The molecular formula is C19H10Cl2N4O2S2. The molecule has 2 aromatic carbocycles. The third-order valence-electron chi connectivity index (χ3n) is 4.40. The minimum absolute atomic E-state index is 0.0349. The van der Waals surface area contributed by atoms with Gasteiger partial charge in [0.05, 0.1) is 20.8 Å². The van der Waals surface area contributed by atoms with Crippen molar-refractivity contribution in [3.05, 3.63) is 70.0 Å². The van der Waals surface area contributed by atoms with Gasteiger partial charge >= 0.3 is 0 Å². The number of aromatic nitrogens is 4. The maximum atomic E-state index is 13.2. The van der Waals surface area contributed by atoms with Gasteiger partial charge in [-0.05, 0) is 41.8 Å². The maximum absolute atomic E-state index is 13.2. The number of rotatable bonds is 3. The first-order chi connectivity index (χ1) is 13.9. The standard InChI is InChI=1S/C19H10Cl2N4O2S2/c20-12-6-4-11(5-7-12)16-17-15(8-9-28-17)25-18(22-16)19(23-24-25)29(26,27)14-3-1-2-13(21)10-14/h1-10H. The monoisotopic (exact) mass is 460 g/mol. The molecule has 0 aliphatic rings. The Labute approximate surface area is 179 Å². The predicted octanol–water partition coefficient (Wildman–Crippen LogP) is 5.15. The molecule has 3 heterocycles. The van der Waals surface area contributed by atoms with E-state index in [9.17, 15) is 8.42 Å². The Morgan fingerprint density at radius 2 is 1.76 bits per heavy atom. The summed E-state index contributed by atoms with van der Waals surface area (Å²) in [6.07, 6.45) is 0. The normalized spacial score (nSPS) is 12.1. The largest absolute Gasteiger partial charge is 0.229 e. The van der Waals surface area contributed by atoms with E-state index in [4.69, 9.17) is 23.2 Å². The second-order valence-corrected chi connectivity index (χ2v) is 9.85. The number of thiophene rings is 1. The highest BCUT2D eigenvalue weighted by Gasteiger charge is 2.27. The Bertz CT molecular complexity index is 1490. The molecule has 10 heteroatoms. The fraction of sp³-hybridized carbons (Fsp3) is 0. The van der Waals surface area contributed by atoms with E-state index in [1.807, 2.05) is 23.6 Å². The van der Waals surface area contributed by atoms with E-state index >= 15 is 0 Å². The third-order valence-corrected chi connectivity index (χ3v) is 7.45. The minimum atomic E-state index is -3.96. The van der Waals surface area contributed by atoms with Gasteiger partial charge in [-0.2, -0.15) is 4.52 Å². The van der Waals surface area contributed by atoms with Gasteiger partial charge in [0.15, 0.2) is 5.65 Å². The van der Waals surface area contributed by atoms with Gasteiger partial charge in [0.2, 0.25) is 14.9 Å². The molecule has 0 atom stereocenters. The van der Waals surface area contributed by atoms with E-state index in [1.165, 1.54) is 28.0 Å². The highest BCUT2D eigenvalue weighted by molar-refractivity contribution is 7.91. The number of benzene rings is 2. The molecule has 0 fully saturated rings. The number of hydrogen-bond donors (Lipinski definition) is 0. The summed E-state index contributed by atoms with van der Waals surface area (Å²) in [4.78, 5) is 4.68. The first kappa shape index (κ1) is 18.5. The van der Waals surface area contributed by atoms with Gasteiger partial charge in [-0.15, -0.1) is 16.4 Å². The molecule has 0 N–H and O–H groups in total. The van der Waals surface area contributed by atoms with Crippen molar-refractivity contribution in [2.75, 3.05) is 0 Å². The molecular weight excluding hydrogens is 451 g/mol. The zero-order valence-corrected chi connectivity index (χ0v) is 17.6. The summed E-state index contributed by atoms with van der Waals surface area (Å²) in [6.45, 7) is 0. The number of halogens is 2. The molecule has 0 saturated heterocycles. The lowest BCUT2D eigenvalue weighted by Gasteiger charge is -2.06. The molecule has 0 spiro atoms. The van der Waals surface area contributed by atoms with Gasteiger partial charge in [-0.3, -0.25) is 0 Å². The molecule has 29 heavy (non-hydrogen) atoms. The Balaban J connectivity index is 1.81. The van der Waals surface area contributed by atoms with Crippen LogP contribution in [0.5, 0.6) is 0 Å². The van der Waals surface area contributed by atoms with Crippen molar-refractivity contribution in [3.8, 4) is 11.3 Å². The fourth-order valence-corrected chi connectivity index (χ4v) is 5.59. The van der Waals surface area contributed by atoms with Gasteiger partial charge in [-0.1, -0.05) is 46.6 Å². The van der Waals surface area contributed by atoms with Gasteiger partial charge in [0.1, 0.15) is 0 Å². The summed E-state index contributed by atoms with van der Waals surface area (Å²) < 4.78 is 28.7. The van der Waals surface area contributed by atoms with E-state index < -0.39 is 9.84 Å². The van der Waals surface area contributed by atoms with Crippen molar-refractivity contribution in [3.63, 3.8) is 0 Å². The van der Waals surface area contributed by atoms with Gasteiger partial charge in [0, 0.05) is 15.6 Å². The van der Waals surface area contributed by atoms with Crippen molar-refractivity contribution < 1.29 is 8.42 Å². The summed E-state index contributed by atoms with van der Waals surface area (Å²) in [5.74, 6) is 0. The Morgan fingerprint density at radius 3 is 2.52 bits per heavy atom. The lowest BCUT2D eigenvalue weighted by atomic mass is 10.1. The van der Waals surface area contributed by atoms with Crippen LogP contribution in [0, 0.1) is 0 Å². The number of fused-ring (bicyclic) bond motifs is 3. The van der Waals surface area contributed by atoms with Gasteiger partial charge in [-0.25, -0.2) is 13.4 Å². The van der Waals surface area contributed by atoms with Crippen LogP contribution in [0.1, 0.15) is 0 Å². The Morgan fingerprint density at radius 1 is 0.966 bits per heavy atom. The highest BCUT2D eigenvalue weighted by Crippen LogP contribution is 2.34. The smallest absolute Gasteiger partial charge is 0.224 e. The van der Waals surface area contributed by atoms with E-state index in [0.717, 1.165) is 15.8 Å². The molecule has 0 aliphatic carbocycles. The maximum Gasteiger partial charge on any atom is 0.229 e. The summed E-state index contributed by atoms with van der Waals surface area (Å²) in [6, 6.07) is 15.1. The molecule has 0 radical (unpaired) electrons. The highest BCUT2D eigenvalue weighted by atomic mass is 35.5. The molecule has 0 amide bonds. The third kappa shape index (κ3) is 3.00. The summed E-state index contributed by atoms with van der Waals surface area (Å²) in [5.41, 5.74) is 2.34. The minimum Gasteiger partial charge on any atom is -0.224 e. The lowest BCUT2D eigenvalue weighted by Crippen LogP contribution is -2.04. The molecule has 5 rings (SSSR count). The van der Waals surface area contributed by atoms with E-state index in [1.54, 1.807) is 24.3 Å². The number of hydrogen-bond acceptors (Lipinski definition) is 6. The van der Waals surface area contributed by atoms with Crippen LogP contribution in [0.4, 0.5) is 0 Å².